The number of nitrogens with one attached hydrogen (secondary N) is 1. The molecule has 1 aromatic heterocycles. The van der Waals surface area contributed by atoms with E-state index in [4.69, 9.17) is 0 Å². The van der Waals surface area contributed by atoms with Crippen molar-refractivity contribution in [3.63, 3.8) is 0 Å². The van der Waals surface area contributed by atoms with E-state index in [1.54, 1.807) is 13.0 Å². The van der Waals surface area contributed by atoms with Crippen LogP contribution in [0.25, 0.3) is 0 Å². The lowest BCUT2D eigenvalue weighted by Crippen LogP contribution is -2.49. The Morgan fingerprint density at radius 1 is 1.15 bits per heavy atom. The van der Waals surface area contributed by atoms with Gasteiger partial charge in [0, 0.05) is 13.1 Å². The van der Waals surface area contributed by atoms with Crippen molar-refractivity contribution in [3.8, 4) is 0 Å². The maximum absolute atomic E-state index is 12.6. The lowest BCUT2D eigenvalue weighted by Gasteiger charge is -2.33. The first-order valence-electron chi connectivity index (χ1n) is 9.30. The number of nitrogens with zero attached hydrogens (tertiary/aromatic N) is 1. The van der Waals surface area contributed by atoms with Crippen LogP contribution in [0.1, 0.15) is 41.4 Å². The van der Waals surface area contributed by atoms with E-state index in [2.05, 4.69) is 29.6 Å². The summed E-state index contributed by atoms with van der Waals surface area (Å²) >= 11 is 1.39. The van der Waals surface area contributed by atoms with Crippen LogP contribution < -0.4 is 5.32 Å². The first kappa shape index (κ1) is 18.6. The van der Waals surface area contributed by atoms with Gasteiger partial charge in [-0.05, 0) is 55.5 Å². The average Bonchev–Trinajstić information content (AvgIpc) is 3.22. The molecule has 138 valence electrons. The Balaban J connectivity index is 1.42. The number of carbonyl (C=O) groups excluding carboxylic acids is 2. The molecule has 0 spiro atoms. The number of thiophene rings is 1. The summed E-state index contributed by atoms with van der Waals surface area (Å²) in [5.74, 6) is 0.533. The summed E-state index contributed by atoms with van der Waals surface area (Å²) in [5.41, 5.74) is 1.39. The molecule has 1 aliphatic rings. The molecule has 2 heterocycles. The van der Waals surface area contributed by atoms with Gasteiger partial charge in [-0.2, -0.15) is 0 Å². The molecule has 1 atom stereocenters. The highest BCUT2D eigenvalue weighted by Gasteiger charge is 2.27. The third-order valence-electron chi connectivity index (χ3n) is 5.07. The standard InChI is InChI=1S/C21H26N2O2S/c1-16(22-20(24)19-8-5-15-26-19)21(25)23-13-11-18(12-14-23)10-9-17-6-3-2-4-7-17/h2-8,15-16,18H,9-14H2,1H3,(H,22,24). The smallest absolute Gasteiger partial charge is 0.261 e. The molecule has 1 N–H and O–H groups in total. The zero-order valence-corrected chi connectivity index (χ0v) is 16.0. The van der Waals surface area contributed by atoms with E-state index in [0.29, 0.717) is 10.8 Å². The van der Waals surface area contributed by atoms with E-state index in [1.165, 1.54) is 23.3 Å². The highest BCUT2D eigenvalue weighted by Crippen LogP contribution is 2.23. The molecule has 4 nitrogen and oxygen atoms in total. The summed E-state index contributed by atoms with van der Waals surface area (Å²) in [4.78, 5) is 27.3. The molecule has 1 saturated heterocycles. The van der Waals surface area contributed by atoms with Crippen LogP contribution in [0.4, 0.5) is 0 Å². The van der Waals surface area contributed by atoms with Gasteiger partial charge >= 0.3 is 0 Å². The number of carbonyl (C=O) groups is 2. The topological polar surface area (TPSA) is 49.4 Å². The largest absolute Gasteiger partial charge is 0.341 e. The van der Waals surface area contributed by atoms with E-state index in [9.17, 15) is 9.59 Å². The van der Waals surface area contributed by atoms with Gasteiger partial charge in [0.2, 0.25) is 5.91 Å². The number of likely N-dealkylation sites (tertiary alicyclic amines) is 1. The molecule has 1 unspecified atom stereocenters. The summed E-state index contributed by atoms with van der Waals surface area (Å²) in [7, 11) is 0. The van der Waals surface area contributed by atoms with Crippen molar-refractivity contribution in [3.05, 3.63) is 58.3 Å². The van der Waals surface area contributed by atoms with Crippen molar-refractivity contribution in [1.82, 2.24) is 10.2 Å². The summed E-state index contributed by atoms with van der Waals surface area (Å²) in [6.07, 6.45) is 4.37. The average molecular weight is 371 g/mol. The monoisotopic (exact) mass is 370 g/mol. The van der Waals surface area contributed by atoms with Gasteiger partial charge < -0.3 is 10.2 Å². The predicted octanol–water partition coefficient (Wildman–Crippen LogP) is 3.74. The third-order valence-corrected chi connectivity index (χ3v) is 5.94. The quantitative estimate of drug-likeness (QED) is 0.842. The minimum absolute atomic E-state index is 0.0245. The highest BCUT2D eigenvalue weighted by atomic mass is 32.1. The van der Waals surface area contributed by atoms with E-state index >= 15 is 0 Å². The SMILES string of the molecule is CC(NC(=O)c1cccs1)C(=O)N1CCC(CCc2ccccc2)CC1. The number of hydrogen-bond acceptors (Lipinski definition) is 3. The Morgan fingerprint density at radius 2 is 1.88 bits per heavy atom. The first-order chi connectivity index (χ1) is 12.6. The number of benzene rings is 1. The van der Waals surface area contributed by atoms with Gasteiger partial charge in [-0.15, -0.1) is 11.3 Å². The van der Waals surface area contributed by atoms with Crippen LogP contribution in [0.5, 0.6) is 0 Å². The van der Waals surface area contributed by atoms with Gasteiger partial charge in [-0.25, -0.2) is 0 Å². The molecule has 0 bridgehead atoms. The fourth-order valence-corrected chi connectivity index (χ4v) is 4.10. The molecule has 0 saturated carbocycles. The molecule has 1 fully saturated rings. The maximum atomic E-state index is 12.6. The molecule has 1 aliphatic heterocycles. The fraction of sp³-hybridized carbons (Fsp3) is 0.429. The van der Waals surface area contributed by atoms with Gasteiger partial charge in [0.15, 0.2) is 0 Å². The minimum Gasteiger partial charge on any atom is -0.341 e. The second-order valence-electron chi connectivity index (χ2n) is 6.97. The van der Waals surface area contributed by atoms with Crippen LogP contribution >= 0.6 is 11.3 Å². The summed E-state index contributed by atoms with van der Waals surface area (Å²) < 4.78 is 0. The van der Waals surface area contributed by atoms with Crippen molar-refractivity contribution in [1.29, 1.82) is 0 Å². The zero-order chi connectivity index (χ0) is 18.4. The Kier molecular flexibility index (Phi) is 6.45. The molecule has 1 aromatic carbocycles. The van der Waals surface area contributed by atoms with Crippen molar-refractivity contribution in [2.45, 2.75) is 38.6 Å². The molecular formula is C21H26N2O2S. The van der Waals surface area contributed by atoms with Crippen molar-refractivity contribution < 1.29 is 9.59 Å². The van der Waals surface area contributed by atoms with Gasteiger partial charge in [-0.3, -0.25) is 9.59 Å². The van der Waals surface area contributed by atoms with E-state index in [-0.39, 0.29) is 11.8 Å². The van der Waals surface area contributed by atoms with E-state index in [1.807, 2.05) is 22.4 Å². The summed E-state index contributed by atoms with van der Waals surface area (Å²) in [6, 6.07) is 13.7. The van der Waals surface area contributed by atoms with E-state index in [0.717, 1.165) is 32.4 Å². The molecule has 5 heteroatoms. The summed E-state index contributed by atoms with van der Waals surface area (Å²) in [6.45, 7) is 3.35. The fourth-order valence-electron chi connectivity index (χ4n) is 3.47. The van der Waals surface area contributed by atoms with Gasteiger partial charge in [0.25, 0.3) is 5.91 Å². The van der Waals surface area contributed by atoms with Crippen molar-refractivity contribution >= 4 is 23.2 Å². The number of rotatable bonds is 6. The van der Waals surface area contributed by atoms with Crippen LogP contribution in [-0.2, 0) is 11.2 Å². The Bertz CT molecular complexity index is 707. The molecule has 3 rings (SSSR count). The molecule has 0 radical (unpaired) electrons. The maximum Gasteiger partial charge on any atom is 0.261 e. The predicted molar refractivity (Wildman–Crippen MR) is 105 cm³/mol. The Morgan fingerprint density at radius 3 is 2.54 bits per heavy atom. The lowest BCUT2D eigenvalue weighted by molar-refractivity contribution is -0.134. The summed E-state index contributed by atoms with van der Waals surface area (Å²) in [5, 5.41) is 4.68. The van der Waals surface area contributed by atoms with Crippen LogP contribution in [-0.4, -0.2) is 35.8 Å². The van der Waals surface area contributed by atoms with Crippen LogP contribution in [0.15, 0.2) is 47.8 Å². The van der Waals surface area contributed by atoms with Gasteiger partial charge in [0.05, 0.1) is 4.88 Å². The number of amides is 2. The van der Waals surface area contributed by atoms with Crippen LogP contribution in [0, 0.1) is 5.92 Å². The van der Waals surface area contributed by atoms with Gasteiger partial charge in [-0.1, -0.05) is 36.4 Å². The molecule has 2 aromatic rings. The van der Waals surface area contributed by atoms with Crippen LogP contribution in [0.3, 0.4) is 0 Å². The van der Waals surface area contributed by atoms with Crippen LogP contribution in [0.2, 0.25) is 0 Å². The zero-order valence-electron chi connectivity index (χ0n) is 15.2. The minimum atomic E-state index is -0.481. The Hall–Kier alpha value is -2.14. The second-order valence-corrected chi connectivity index (χ2v) is 7.91. The molecule has 0 aliphatic carbocycles. The first-order valence-corrected chi connectivity index (χ1v) is 10.2. The van der Waals surface area contributed by atoms with E-state index < -0.39 is 6.04 Å². The molecule has 2 amide bonds. The molecule has 26 heavy (non-hydrogen) atoms. The van der Waals surface area contributed by atoms with Crippen molar-refractivity contribution in [2.24, 2.45) is 5.92 Å². The Labute approximate surface area is 159 Å². The second kappa shape index (κ2) is 8.99. The third kappa shape index (κ3) is 4.94. The highest BCUT2D eigenvalue weighted by molar-refractivity contribution is 7.12. The van der Waals surface area contributed by atoms with Gasteiger partial charge in [0.1, 0.15) is 6.04 Å². The van der Waals surface area contributed by atoms with Crippen molar-refractivity contribution in [2.75, 3.05) is 13.1 Å². The molecular weight excluding hydrogens is 344 g/mol. The number of aryl methyl sites for hydroxylation is 1. The normalized spacial score (nSPS) is 16.3. The number of piperidine rings is 1. The lowest BCUT2D eigenvalue weighted by atomic mass is 9.90. The number of hydrogen-bond donors (Lipinski definition) is 1.